The van der Waals surface area contributed by atoms with Gasteiger partial charge < -0.3 is 14.2 Å². The molecule has 0 saturated heterocycles. The quantitative estimate of drug-likeness (QED) is 0.667. The zero-order chi connectivity index (χ0) is 10.8. The van der Waals surface area contributed by atoms with E-state index in [1.54, 1.807) is 0 Å². The predicted octanol–water partition coefficient (Wildman–Crippen LogP) is 2.50. The molecule has 0 aromatic heterocycles. The third kappa shape index (κ3) is 1.96. The summed E-state index contributed by atoms with van der Waals surface area (Å²) in [5.74, 6) is -0.636. The number of halogens is 1. The van der Waals surface area contributed by atoms with Crippen molar-refractivity contribution in [1.29, 1.82) is 0 Å². The summed E-state index contributed by atoms with van der Waals surface area (Å²) in [5.41, 5.74) is 1.18. The maximum atomic E-state index is 6.18. The van der Waals surface area contributed by atoms with E-state index < -0.39 is 5.97 Å². The monoisotopic (exact) mass is 220 g/mol. The molecule has 1 unspecified atom stereocenters. The molecule has 1 aliphatic carbocycles. The van der Waals surface area contributed by atoms with E-state index in [4.69, 9.17) is 25.8 Å². The van der Waals surface area contributed by atoms with Gasteiger partial charge >= 0.3 is 5.97 Å². The average molecular weight is 221 g/mol. The van der Waals surface area contributed by atoms with Crippen LogP contribution in [0.2, 0.25) is 0 Å². The molecule has 0 bridgehead atoms. The van der Waals surface area contributed by atoms with Gasteiger partial charge in [0.2, 0.25) is 0 Å². The molecule has 0 radical (unpaired) electrons. The van der Waals surface area contributed by atoms with Crippen molar-refractivity contribution in [3.05, 3.63) is 10.6 Å². The van der Waals surface area contributed by atoms with Gasteiger partial charge in [-0.15, -0.1) is 0 Å². The molecule has 14 heavy (non-hydrogen) atoms. The van der Waals surface area contributed by atoms with Crippen LogP contribution in [0.25, 0.3) is 0 Å². The zero-order valence-corrected chi connectivity index (χ0v) is 9.85. The van der Waals surface area contributed by atoms with E-state index >= 15 is 0 Å². The van der Waals surface area contributed by atoms with Crippen LogP contribution >= 0.6 is 11.6 Å². The summed E-state index contributed by atoms with van der Waals surface area (Å²) in [6, 6.07) is 0. The second-order valence-electron chi connectivity index (χ2n) is 3.32. The Kier molecular flexibility index (Phi) is 3.95. The van der Waals surface area contributed by atoms with E-state index in [1.807, 2.05) is 0 Å². The lowest BCUT2D eigenvalue weighted by atomic mass is 10.3. The van der Waals surface area contributed by atoms with E-state index in [9.17, 15) is 0 Å². The normalized spacial score (nSPS) is 25.1. The molecular formula is C10H17ClO3. The lowest BCUT2D eigenvalue weighted by molar-refractivity contribution is -0.322. The highest BCUT2D eigenvalue weighted by Crippen LogP contribution is 2.47. The van der Waals surface area contributed by atoms with Crippen LogP contribution in [-0.2, 0) is 14.2 Å². The number of ether oxygens (including phenoxy) is 3. The van der Waals surface area contributed by atoms with Crippen molar-refractivity contribution >= 4 is 11.6 Å². The molecule has 82 valence electrons. The van der Waals surface area contributed by atoms with Crippen molar-refractivity contribution in [2.75, 3.05) is 21.3 Å². The molecule has 1 saturated carbocycles. The second kappa shape index (κ2) is 4.62. The van der Waals surface area contributed by atoms with Crippen molar-refractivity contribution in [2.24, 2.45) is 5.92 Å². The van der Waals surface area contributed by atoms with E-state index in [0.29, 0.717) is 11.0 Å². The topological polar surface area (TPSA) is 27.7 Å². The first kappa shape index (κ1) is 12.0. The van der Waals surface area contributed by atoms with Crippen LogP contribution in [0.15, 0.2) is 10.6 Å². The van der Waals surface area contributed by atoms with E-state index in [2.05, 4.69) is 6.92 Å². The standard InChI is InChI=1S/C10H17ClO3/c1-5-7-6-8(7)9(11)10(12-2,13-3)14-4/h7H,5-6H2,1-4H3. The molecule has 0 aliphatic heterocycles. The van der Waals surface area contributed by atoms with Gasteiger partial charge in [0.15, 0.2) is 0 Å². The molecular weight excluding hydrogens is 204 g/mol. The van der Waals surface area contributed by atoms with Gasteiger partial charge in [-0.3, -0.25) is 0 Å². The van der Waals surface area contributed by atoms with E-state index in [-0.39, 0.29) is 0 Å². The van der Waals surface area contributed by atoms with Crippen molar-refractivity contribution in [3.8, 4) is 0 Å². The summed E-state index contributed by atoms with van der Waals surface area (Å²) in [6.07, 6.45) is 2.12. The lowest BCUT2D eigenvalue weighted by Gasteiger charge is -2.28. The summed E-state index contributed by atoms with van der Waals surface area (Å²) in [4.78, 5) is 0. The molecule has 1 rings (SSSR count). The van der Waals surface area contributed by atoms with Crippen LogP contribution in [0.5, 0.6) is 0 Å². The molecule has 1 atom stereocenters. The number of rotatable bonds is 5. The Labute approximate surface area is 90.0 Å². The predicted molar refractivity (Wildman–Crippen MR) is 55.0 cm³/mol. The summed E-state index contributed by atoms with van der Waals surface area (Å²) in [7, 11) is 4.54. The zero-order valence-electron chi connectivity index (χ0n) is 9.09. The number of allylic oxidation sites excluding steroid dienone is 1. The average Bonchev–Trinajstić information content (AvgIpc) is 3.00. The van der Waals surface area contributed by atoms with Crippen LogP contribution in [0, 0.1) is 5.92 Å². The van der Waals surface area contributed by atoms with E-state index in [1.165, 1.54) is 26.9 Å². The molecule has 1 fully saturated rings. The summed E-state index contributed by atoms with van der Waals surface area (Å²) in [5, 5.41) is 0.539. The Morgan fingerprint density at radius 1 is 1.36 bits per heavy atom. The summed E-state index contributed by atoms with van der Waals surface area (Å²) < 4.78 is 15.5. The van der Waals surface area contributed by atoms with Gasteiger partial charge in [0.25, 0.3) is 0 Å². The smallest absolute Gasteiger partial charge is 0.322 e. The van der Waals surface area contributed by atoms with E-state index in [0.717, 1.165) is 12.8 Å². The summed E-state index contributed by atoms with van der Waals surface area (Å²) in [6.45, 7) is 2.13. The third-order valence-corrected chi connectivity index (χ3v) is 3.12. The minimum absolute atomic E-state index is 0.539. The van der Waals surface area contributed by atoms with Gasteiger partial charge in [-0.1, -0.05) is 18.5 Å². The van der Waals surface area contributed by atoms with Gasteiger partial charge in [0.05, 0.1) is 0 Å². The molecule has 4 heteroatoms. The largest absolute Gasteiger partial charge is 0.326 e. The lowest BCUT2D eigenvalue weighted by Crippen LogP contribution is -2.36. The Bertz CT molecular complexity index is 225. The van der Waals surface area contributed by atoms with Crippen LogP contribution in [0.1, 0.15) is 19.8 Å². The minimum atomic E-state index is -1.21. The Hall–Kier alpha value is -0.0900. The maximum absolute atomic E-state index is 6.18. The number of hydrogen-bond donors (Lipinski definition) is 0. The van der Waals surface area contributed by atoms with Gasteiger partial charge in [-0.05, 0) is 24.3 Å². The molecule has 0 amide bonds. The minimum Gasteiger partial charge on any atom is -0.326 e. The van der Waals surface area contributed by atoms with Gasteiger partial charge in [0.1, 0.15) is 5.03 Å². The second-order valence-corrected chi connectivity index (χ2v) is 3.70. The number of hydrogen-bond acceptors (Lipinski definition) is 3. The van der Waals surface area contributed by atoms with Crippen LogP contribution < -0.4 is 0 Å². The van der Waals surface area contributed by atoms with Gasteiger partial charge in [-0.25, -0.2) is 0 Å². The highest BCUT2D eigenvalue weighted by atomic mass is 35.5. The van der Waals surface area contributed by atoms with Crippen LogP contribution in [0.4, 0.5) is 0 Å². The third-order valence-electron chi connectivity index (χ3n) is 2.65. The highest BCUT2D eigenvalue weighted by Gasteiger charge is 2.42. The molecule has 1 aliphatic rings. The highest BCUT2D eigenvalue weighted by molar-refractivity contribution is 6.31. The molecule has 0 N–H and O–H groups in total. The molecule has 0 heterocycles. The Morgan fingerprint density at radius 2 is 1.86 bits per heavy atom. The van der Waals surface area contributed by atoms with Crippen LogP contribution in [0.3, 0.4) is 0 Å². The first-order valence-corrected chi connectivity index (χ1v) is 5.07. The Balaban J connectivity index is 2.85. The fourth-order valence-electron chi connectivity index (χ4n) is 1.58. The van der Waals surface area contributed by atoms with Crippen molar-refractivity contribution in [3.63, 3.8) is 0 Å². The first-order chi connectivity index (χ1) is 6.65. The fraction of sp³-hybridized carbons (Fsp3) is 0.800. The number of methoxy groups -OCH3 is 3. The molecule has 0 spiro atoms. The molecule has 0 aromatic carbocycles. The van der Waals surface area contributed by atoms with Crippen molar-refractivity contribution < 1.29 is 14.2 Å². The maximum Gasteiger partial charge on any atom is 0.322 e. The van der Waals surface area contributed by atoms with Crippen LogP contribution in [-0.4, -0.2) is 27.3 Å². The van der Waals surface area contributed by atoms with Gasteiger partial charge in [-0.2, -0.15) is 0 Å². The van der Waals surface area contributed by atoms with Crippen molar-refractivity contribution in [2.45, 2.75) is 25.7 Å². The Morgan fingerprint density at radius 3 is 2.14 bits per heavy atom. The molecule has 0 aromatic rings. The van der Waals surface area contributed by atoms with Gasteiger partial charge in [0, 0.05) is 21.3 Å². The SMILES string of the molecule is CCC1CC1=C(Cl)C(OC)(OC)OC. The first-order valence-electron chi connectivity index (χ1n) is 4.69. The fourth-order valence-corrected chi connectivity index (χ4v) is 2.04. The van der Waals surface area contributed by atoms with Crippen molar-refractivity contribution in [1.82, 2.24) is 0 Å². The summed E-state index contributed by atoms with van der Waals surface area (Å²) >= 11 is 6.18. The molecule has 3 nitrogen and oxygen atoms in total.